The molecule has 0 atom stereocenters. The molecule has 0 N–H and O–H groups in total. The summed E-state index contributed by atoms with van der Waals surface area (Å²) in [6, 6.07) is 14.6. The first kappa shape index (κ1) is 14.8. The summed E-state index contributed by atoms with van der Waals surface area (Å²) in [7, 11) is 0. The molecule has 0 amide bonds. The highest BCUT2D eigenvalue weighted by molar-refractivity contribution is 6.04. The van der Waals surface area contributed by atoms with Crippen molar-refractivity contribution in [2.24, 2.45) is 0 Å². The van der Waals surface area contributed by atoms with Gasteiger partial charge in [0.1, 0.15) is 5.69 Å². The first-order valence-electron chi connectivity index (χ1n) is 7.27. The summed E-state index contributed by atoms with van der Waals surface area (Å²) in [6.07, 6.45) is 2.45. The third-order valence-corrected chi connectivity index (χ3v) is 3.38. The topological polar surface area (TPSA) is 76.1 Å². The zero-order valence-electron chi connectivity index (χ0n) is 12.4. The molecular formula is C18H14N2O3. The van der Waals surface area contributed by atoms with Crippen LogP contribution in [0.1, 0.15) is 23.2 Å². The molecule has 2 aromatic heterocycles. The van der Waals surface area contributed by atoms with Crippen molar-refractivity contribution < 1.29 is 13.9 Å². The highest BCUT2D eigenvalue weighted by atomic mass is 16.5. The fourth-order valence-corrected chi connectivity index (χ4v) is 2.29. The van der Waals surface area contributed by atoms with Crippen molar-refractivity contribution in [3.63, 3.8) is 0 Å². The number of furan rings is 1. The fraction of sp³-hybridized carbons (Fsp3) is 0.167. The minimum Gasteiger partial charge on any atom is -0.463 e. The van der Waals surface area contributed by atoms with Crippen molar-refractivity contribution in [2.45, 2.75) is 12.8 Å². The van der Waals surface area contributed by atoms with Crippen molar-refractivity contribution >= 4 is 16.9 Å². The minimum absolute atomic E-state index is 0.221. The molecule has 0 bridgehead atoms. The van der Waals surface area contributed by atoms with Gasteiger partial charge in [-0.25, -0.2) is 9.78 Å². The lowest BCUT2D eigenvalue weighted by Crippen LogP contribution is -2.08. The number of benzene rings is 1. The average Bonchev–Trinajstić information content (AvgIpc) is 3.12. The quantitative estimate of drug-likeness (QED) is 0.527. The van der Waals surface area contributed by atoms with Gasteiger partial charge in [-0.15, -0.1) is 0 Å². The molecule has 0 radical (unpaired) electrons. The van der Waals surface area contributed by atoms with Gasteiger partial charge in [-0.05, 0) is 30.7 Å². The van der Waals surface area contributed by atoms with E-state index in [9.17, 15) is 4.79 Å². The monoisotopic (exact) mass is 306 g/mol. The van der Waals surface area contributed by atoms with Crippen molar-refractivity contribution in [3.05, 3.63) is 54.3 Å². The number of unbranched alkanes of at least 4 members (excludes halogenated alkanes) is 1. The second-order valence-corrected chi connectivity index (χ2v) is 4.95. The number of rotatable bonds is 5. The van der Waals surface area contributed by atoms with Gasteiger partial charge in [0.25, 0.3) is 0 Å². The molecule has 3 aromatic rings. The smallest absolute Gasteiger partial charge is 0.338 e. The van der Waals surface area contributed by atoms with Crippen LogP contribution in [0.25, 0.3) is 22.4 Å². The van der Waals surface area contributed by atoms with E-state index < -0.39 is 5.97 Å². The van der Waals surface area contributed by atoms with Crippen LogP contribution in [-0.4, -0.2) is 17.6 Å². The van der Waals surface area contributed by atoms with E-state index in [4.69, 9.17) is 14.4 Å². The van der Waals surface area contributed by atoms with Crippen LogP contribution in [0.2, 0.25) is 0 Å². The maximum absolute atomic E-state index is 12.4. The Morgan fingerprint density at radius 2 is 2.13 bits per heavy atom. The Kier molecular flexibility index (Phi) is 4.34. The van der Waals surface area contributed by atoms with Crippen LogP contribution in [0.4, 0.5) is 0 Å². The van der Waals surface area contributed by atoms with Gasteiger partial charge in [-0.2, -0.15) is 5.26 Å². The lowest BCUT2D eigenvalue weighted by atomic mass is 10.1. The highest BCUT2D eigenvalue weighted by Crippen LogP contribution is 2.25. The van der Waals surface area contributed by atoms with Crippen LogP contribution in [0.15, 0.2) is 53.1 Å². The molecular weight excluding hydrogens is 292 g/mol. The van der Waals surface area contributed by atoms with Gasteiger partial charge in [-0.1, -0.05) is 18.2 Å². The summed E-state index contributed by atoms with van der Waals surface area (Å²) < 4.78 is 10.6. The molecule has 0 fully saturated rings. The predicted octanol–water partition coefficient (Wildman–Crippen LogP) is 3.96. The average molecular weight is 306 g/mol. The van der Waals surface area contributed by atoms with E-state index in [0.29, 0.717) is 35.4 Å². The Morgan fingerprint density at radius 1 is 1.26 bits per heavy atom. The molecule has 0 unspecified atom stereocenters. The number of ether oxygens (including phenoxy) is 1. The number of nitriles is 1. The minimum atomic E-state index is -0.422. The van der Waals surface area contributed by atoms with E-state index in [0.717, 1.165) is 5.39 Å². The van der Waals surface area contributed by atoms with Crippen LogP contribution in [-0.2, 0) is 4.74 Å². The molecule has 0 saturated carbocycles. The van der Waals surface area contributed by atoms with Crippen molar-refractivity contribution in [3.8, 4) is 17.5 Å². The fourth-order valence-electron chi connectivity index (χ4n) is 2.29. The Hall–Kier alpha value is -3.13. The van der Waals surface area contributed by atoms with E-state index in [-0.39, 0.29) is 6.61 Å². The standard InChI is InChI=1S/C18H14N2O3/c19-9-3-4-10-23-18(21)14-12-16(17-8-5-11-22-17)20-15-7-2-1-6-13(14)15/h1-2,5-8,11-12H,3-4,10H2. The second kappa shape index (κ2) is 6.75. The van der Waals surface area contributed by atoms with E-state index in [1.807, 2.05) is 30.3 Å². The SMILES string of the molecule is N#CCCCOC(=O)c1cc(-c2ccco2)nc2ccccc12. The normalized spacial score (nSPS) is 10.4. The number of para-hydroxylation sites is 1. The lowest BCUT2D eigenvalue weighted by Gasteiger charge is -2.08. The van der Waals surface area contributed by atoms with Gasteiger partial charge < -0.3 is 9.15 Å². The highest BCUT2D eigenvalue weighted by Gasteiger charge is 2.15. The van der Waals surface area contributed by atoms with Gasteiger partial charge in [-0.3, -0.25) is 0 Å². The summed E-state index contributed by atoms with van der Waals surface area (Å²) in [5.74, 6) is 0.170. The molecule has 5 heteroatoms. The zero-order chi connectivity index (χ0) is 16.1. The van der Waals surface area contributed by atoms with E-state index in [1.165, 1.54) is 0 Å². The Morgan fingerprint density at radius 3 is 2.91 bits per heavy atom. The maximum atomic E-state index is 12.4. The van der Waals surface area contributed by atoms with Crippen molar-refractivity contribution in [2.75, 3.05) is 6.61 Å². The summed E-state index contributed by atoms with van der Waals surface area (Å²) in [5, 5.41) is 9.25. The second-order valence-electron chi connectivity index (χ2n) is 4.95. The molecule has 3 rings (SSSR count). The van der Waals surface area contributed by atoms with Crippen LogP contribution < -0.4 is 0 Å². The first-order chi connectivity index (χ1) is 11.3. The summed E-state index contributed by atoms with van der Waals surface area (Å²) in [5.41, 5.74) is 1.72. The number of esters is 1. The summed E-state index contributed by atoms with van der Waals surface area (Å²) >= 11 is 0. The number of nitrogens with zero attached hydrogens (tertiary/aromatic N) is 2. The van der Waals surface area contributed by atoms with E-state index in [1.54, 1.807) is 24.5 Å². The van der Waals surface area contributed by atoms with Gasteiger partial charge in [0, 0.05) is 11.8 Å². The number of pyridine rings is 1. The number of carbonyl (C=O) groups is 1. The molecule has 0 aliphatic heterocycles. The molecule has 114 valence electrons. The Balaban J connectivity index is 1.97. The number of hydrogen-bond acceptors (Lipinski definition) is 5. The van der Waals surface area contributed by atoms with Crippen molar-refractivity contribution in [1.82, 2.24) is 4.98 Å². The lowest BCUT2D eigenvalue weighted by molar-refractivity contribution is 0.0504. The van der Waals surface area contributed by atoms with Gasteiger partial charge in [0.05, 0.1) is 30.0 Å². The van der Waals surface area contributed by atoms with Gasteiger partial charge in [0.15, 0.2) is 5.76 Å². The molecule has 1 aromatic carbocycles. The predicted molar refractivity (Wildman–Crippen MR) is 84.6 cm³/mol. The molecule has 0 aliphatic carbocycles. The first-order valence-corrected chi connectivity index (χ1v) is 7.27. The molecule has 23 heavy (non-hydrogen) atoms. The van der Waals surface area contributed by atoms with Crippen LogP contribution >= 0.6 is 0 Å². The zero-order valence-corrected chi connectivity index (χ0v) is 12.4. The summed E-state index contributed by atoms with van der Waals surface area (Å²) in [4.78, 5) is 16.9. The van der Waals surface area contributed by atoms with Crippen molar-refractivity contribution in [1.29, 1.82) is 5.26 Å². The molecule has 2 heterocycles. The number of fused-ring (bicyclic) bond motifs is 1. The van der Waals surface area contributed by atoms with Gasteiger partial charge >= 0.3 is 5.97 Å². The third kappa shape index (κ3) is 3.22. The van der Waals surface area contributed by atoms with Crippen LogP contribution in [0.3, 0.4) is 0 Å². The van der Waals surface area contributed by atoms with Crippen LogP contribution in [0.5, 0.6) is 0 Å². The number of aromatic nitrogens is 1. The number of hydrogen-bond donors (Lipinski definition) is 0. The van der Waals surface area contributed by atoms with E-state index >= 15 is 0 Å². The van der Waals surface area contributed by atoms with Crippen LogP contribution in [0, 0.1) is 11.3 Å². The summed E-state index contributed by atoms with van der Waals surface area (Å²) in [6.45, 7) is 0.221. The molecule has 0 saturated heterocycles. The molecule has 0 aliphatic rings. The van der Waals surface area contributed by atoms with E-state index in [2.05, 4.69) is 4.98 Å². The largest absolute Gasteiger partial charge is 0.463 e. The third-order valence-electron chi connectivity index (χ3n) is 3.38. The molecule has 5 nitrogen and oxygen atoms in total. The Bertz CT molecular complexity index is 864. The number of carbonyl (C=O) groups excluding carboxylic acids is 1. The maximum Gasteiger partial charge on any atom is 0.338 e. The molecule has 0 spiro atoms. The van der Waals surface area contributed by atoms with Gasteiger partial charge in [0.2, 0.25) is 0 Å². The Labute approximate surface area is 133 Å².